The normalized spacial score (nSPS) is 16.3. The van der Waals surface area contributed by atoms with Crippen LogP contribution in [0, 0.1) is 5.82 Å². The number of hydrogen-bond acceptors (Lipinski definition) is 3. The van der Waals surface area contributed by atoms with E-state index in [0.717, 1.165) is 42.8 Å². The van der Waals surface area contributed by atoms with Gasteiger partial charge in [0.2, 0.25) is 0 Å². The smallest absolute Gasteiger partial charge is 0.148 e. The van der Waals surface area contributed by atoms with Crippen LogP contribution in [-0.4, -0.2) is 19.3 Å². The summed E-state index contributed by atoms with van der Waals surface area (Å²) in [4.78, 5) is 4.82. The molecule has 0 saturated carbocycles. The van der Waals surface area contributed by atoms with Crippen molar-refractivity contribution < 1.29 is 4.39 Å². The molecule has 148 valence electrons. The van der Waals surface area contributed by atoms with Crippen LogP contribution >= 0.6 is 0 Å². The molecular formula is C23H24FN5. The largest absolute Gasteiger partial charge is 0.327 e. The first-order valence-electron chi connectivity index (χ1n) is 10.3. The van der Waals surface area contributed by atoms with Gasteiger partial charge < -0.3 is 9.88 Å². The standard InChI is InChI=1S/C23H24FN5/c1-2-28-22-12-6-4-9-19(22)27-23(28)15-25-18-10-7-13-20-16(18)14-26-29(20)21-11-5-3-8-17(21)24/h3-6,8-9,11-12,14,18,25H,2,7,10,13,15H2,1H3/t18-/m1/s1. The lowest BCUT2D eigenvalue weighted by Gasteiger charge is -2.24. The van der Waals surface area contributed by atoms with Crippen molar-refractivity contribution in [3.05, 3.63) is 77.6 Å². The van der Waals surface area contributed by atoms with Gasteiger partial charge in [0.15, 0.2) is 0 Å². The zero-order chi connectivity index (χ0) is 19.8. The Kier molecular flexibility index (Phi) is 4.64. The lowest BCUT2D eigenvalue weighted by molar-refractivity contribution is 0.443. The average Bonchev–Trinajstić information content (AvgIpc) is 3.34. The van der Waals surface area contributed by atoms with E-state index < -0.39 is 0 Å². The molecule has 0 spiro atoms. The minimum atomic E-state index is -0.245. The molecule has 2 aromatic carbocycles. The second-order valence-corrected chi connectivity index (χ2v) is 7.50. The molecule has 2 heterocycles. The Hall–Kier alpha value is -2.99. The monoisotopic (exact) mass is 389 g/mol. The highest BCUT2D eigenvalue weighted by atomic mass is 19.1. The summed E-state index contributed by atoms with van der Waals surface area (Å²) in [5.41, 5.74) is 4.98. The summed E-state index contributed by atoms with van der Waals surface area (Å²) < 4.78 is 18.3. The summed E-state index contributed by atoms with van der Waals surface area (Å²) in [5, 5.41) is 8.20. The predicted molar refractivity (Wildman–Crippen MR) is 111 cm³/mol. The molecule has 1 aliphatic carbocycles. The van der Waals surface area contributed by atoms with Gasteiger partial charge in [-0.2, -0.15) is 5.10 Å². The number of imidazole rings is 1. The Morgan fingerprint density at radius 1 is 1.14 bits per heavy atom. The Labute approximate surface area is 169 Å². The Balaban J connectivity index is 1.42. The van der Waals surface area contributed by atoms with Crippen molar-refractivity contribution in [1.82, 2.24) is 24.6 Å². The molecule has 1 N–H and O–H groups in total. The molecule has 5 nitrogen and oxygen atoms in total. The number of aryl methyl sites for hydroxylation is 1. The van der Waals surface area contributed by atoms with Crippen molar-refractivity contribution in [3.8, 4) is 5.69 Å². The summed E-state index contributed by atoms with van der Waals surface area (Å²) in [6.07, 6.45) is 4.90. The van der Waals surface area contributed by atoms with Gasteiger partial charge in [0.25, 0.3) is 0 Å². The molecule has 1 atom stereocenters. The van der Waals surface area contributed by atoms with E-state index in [9.17, 15) is 4.39 Å². The average molecular weight is 389 g/mol. The van der Waals surface area contributed by atoms with Crippen LogP contribution in [-0.2, 0) is 19.5 Å². The van der Waals surface area contributed by atoms with Crippen LogP contribution in [0.1, 0.15) is 42.9 Å². The molecule has 0 fully saturated rings. The van der Waals surface area contributed by atoms with Gasteiger partial charge in [0.05, 0.1) is 23.8 Å². The highest BCUT2D eigenvalue weighted by Crippen LogP contribution is 2.32. The molecule has 0 saturated heterocycles. The van der Waals surface area contributed by atoms with E-state index in [2.05, 4.69) is 40.1 Å². The first-order chi connectivity index (χ1) is 14.3. The zero-order valence-corrected chi connectivity index (χ0v) is 16.5. The summed E-state index contributed by atoms with van der Waals surface area (Å²) in [5.74, 6) is 0.799. The van der Waals surface area contributed by atoms with Gasteiger partial charge in [0, 0.05) is 23.8 Å². The fraction of sp³-hybridized carbons (Fsp3) is 0.304. The molecule has 0 aliphatic heterocycles. The summed E-state index contributed by atoms with van der Waals surface area (Å²) in [6, 6.07) is 15.3. The third-order valence-corrected chi connectivity index (χ3v) is 5.82. The highest BCUT2D eigenvalue weighted by Gasteiger charge is 2.25. The Morgan fingerprint density at radius 3 is 2.83 bits per heavy atom. The van der Waals surface area contributed by atoms with Crippen LogP contribution in [0.2, 0.25) is 0 Å². The van der Waals surface area contributed by atoms with Gasteiger partial charge in [0.1, 0.15) is 17.3 Å². The van der Waals surface area contributed by atoms with Crippen molar-refractivity contribution in [1.29, 1.82) is 0 Å². The molecule has 0 amide bonds. The van der Waals surface area contributed by atoms with Crippen molar-refractivity contribution in [2.75, 3.05) is 0 Å². The molecule has 2 aromatic heterocycles. The van der Waals surface area contributed by atoms with Gasteiger partial charge in [-0.05, 0) is 50.5 Å². The number of nitrogens with zero attached hydrogens (tertiary/aromatic N) is 4. The van der Waals surface area contributed by atoms with E-state index in [1.54, 1.807) is 16.8 Å². The molecule has 29 heavy (non-hydrogen) atoms. The number of halogens is 1. The summed E-state index contributed by atoms with van der Waals surface area (Å²) in [7, 11) is 0. The minimum absolute atomic E-state index is 0.199. The maximum absolute atomic E-state index is 14.3. The van der Waals surface area contributed by atoms with E-state index in [1.165, 1.54) is 17.1 Å². The molecule has 0 radical (unpaired) electrons. The van der Waals surface area contributed by atoms with Gasteiger partial charge >= 0.3 is 0 Å². The van der Waals surface area contributed by atoms with Crippen LogP contribution in [0.15, 0.2) is 54.7 Å². The lowest BCUT2D eigenvalue weighted by Crippen LogP contribution is -2.26. The number of rotatable bonds is 5. The van der Waals surface area contributed by atoms with Crippen LogP contribution in [0.4, 0.5) is 4.39 Å². The summed E-state index contributed by atoms with van der Waals surface area (Å²) in [6.45, 7) is 3.73. The second kappa shape index (κ2) is 7.44. The third-order valence-electron chi connectivity index (χ3n) is 5.82. The third kappa shape index (κ3) is 3.13. The topological polar surface area (TPSA) is 47.7 Å². The second-order valence-electron chi connectivity index (χ2n) is 7.50. The van der Waals surface area contributed by atoms with Gasteiger partial charge in [-0.1, -0.05) is 24.3 Å². The van der Waals surface area contributed by atoms with Crippen molar-refractivity contribution in [3.63, 3.8) is 0 Å². The van der Waals surface area contributed by atoms with E-state index in [4.69, 9.17) is 4.98 Å². The Bertz CT molecular complexity index is 1160. The van der Waals surface area contributed by atoms with Gasteiger partial charge in [-0.15, -0.1) is 0 Å². The summed E-state index contributed by atoms with van der Waals surface area (Å²) >= 11 is 0. The number of para-hydroxylation sites is 3. The first kappa shape index (κ1) is 18.1. The van der Waals surface area contributed by atoms with Gasteiger partial charge in [-0.25, -0.2) is 14.1 Å². The SMILES string of the molecule is CCn1c(CN[C@@H]2CCCc3c2cnn3-c2ccccc2F)nc2ccccc21. The van der Waals surface area contributed by atoms with Gasteiger partial charge in [-0.3, -0.25) is 0 Å². The lowest BCUT2D eigenvalue weighted by atomic mass is 9.93. The number of fused-ring (bicyclic) bond motifs is 2. The molecule has 1 aliphatic rings. The van der Waals surface area contributed by atoms with E-state index in [1.807, 2.05) is 18.3 Å². The molecule has 6 heteroatoms. The van der Waals surface area contributed by atoms with E-state index in [-0.39, 0.29) is 11.9 Å². The van der Waals surface area contributed by atoms with Crippen molar-refractivity contribution >= 4 is 11.0 Å². The number of benzene rings is 2. The van der Waals surface area contributed by atoms with E-state index >= 15 is 0 Å². The molecular weight excluding hydrogens is 365 g/mol. The first-order valence-corrected chi connectivity index (χ1v) is 10.3. The van der Waals surface area contributed by atoms with Crippen LogP contribution < -0.4 is 5.32 Å². The molecule has 0 unspecified atom stereocenters. The molecule has 4 aromatic rings. The number of aromatic nitrogens is 4. The Morgan fingerprint density at radius 2 is 1.97 bits per heavy atom. The van der Waals surface area contributed by atoms with Crippen molar-refractivity contribution in [2.24, 2.45) is 0 Å². The maximum atomic E-state index is 14.3. The van der Waals surface area contributed by atoms with Crippen molar-refractivity contribution in [2.45, 2.75) is 45.3 Å². The van der Waals surface area contributed by atoms with Crippen LogP contribution in [0.5, 0.6) is 0 Å². The maximum Gasteiger partial charge on any atom is 0.148 e. The number of nitrogens with one attached hydrogen (secondary N) is 1. The van der Waals surface area contributed by atoms with Crippen LogP contribution in [0.25, 0.3) is 16.7 Å². The van der Waals surface area contributed by atoms with Crippen LogP contribution in [0.3, 0.4) is 0 Å². The molecule has 5 rings (SSSR count). The number of hydrogen-bond donors (Lipinski definition) is 1. The predicted octanol–water partition coefficient (Wildman–Crippen LogP) is 4.55. The minimum Gasteiger partial charge on any atom is -0.327 e. The van der Waals surface area contributed by atoms with E-state index in [0.29, 0.717) is 12.2 Å². The fourth-order valence-corrected chi connectivity index (χ4v) is 4.43. The quantitative estimate of drug-likeness (QED) is 0.545. The zero-order valence-electron chi connectivity index (χ0n) is 16.5. The highest BCUT2D eigenvalue weighted by molar-refractivity contribution is 5.75. The fourth-order valence-electron chi connectivity index (χ4n) is 4.43. The molecule has 0 bridgehead atoms.